The van der Waals surface area contributed by atoms with Crippen molar-refractivity contribution in [2.45, 2.75) is 43.7 Å². The van der Waals surface area contributed by atoms with E-state index in [1.54, 1.807) is 11.8 Å². The molecule has 3 N–H and O–H groups in total. The molecule has 0 amide bonds. The fraction of sp³-hybridized carbons (Fsp3) is 0.818. The maximum absolute atomic E-state index is 11.4. The number of carbonyl (C=O) groups is 2. The van der Waals surface area contributed by atoms with E-state index in [0.717, 1.165) is 5.75 Å². The second-order valence-electron chi connectivity index (χ2n) is 4.42. The summed E-state index contributed by atoms with van der Waals surface area (Å²) >= 11 is 5.34. The molecular formula is C11H19NO4S2. The third-order valence-corrected chi connectivity index (χ3v) is 4.66. The maximum Gasteiger partial charge on any atom is 0.321 e. The van der Waals surface area contributed by atoms with E-state index in [9.17, 15) is 14.7 Å². The minimum Gasteiger partial charge on any atom is -0.480 e. The first-order valence-corrected chi connectivity index (χ1v) is 7.39. The lowest BCUT2D eigenvalue weighted by Crippen LogP contribution is -2.45. The molecule has 1 saturated heterocycles. The van der Waals surface area contributed by atoms with Gasteiger partial charge in [-0.3, -0.25) is 14.9 Å². The molecule has 0 aromatic heterocycles. The van der Waals surface area contributed by atoms with Crippen LogP contribution in [-0.2, 0) is 9.59 Å². The van der Waals surface area contributed by atoms with Gasteiger partial charge >= 0.3 is 5.97 Å². The van der Waals surface area contributed by atoms with Crippen LogP contribution < -0.4 is 5.32 Å². The van der Waals surface area contributed by atoms with Crippen molar-refractivity contribution in [2.24, 2.45) is 5.92 Å². The van der Waals surface area contributed by atoms with Gasteiger partial charge in [0.15, 0.2) is 5.12 Å². The predicted molar refractivity (Wildman–Crippen MR) is 74.0 cm³/mol. The SMILES string of the molecule is CCS[C@H]1C[C@H]([C@H](C(=O)S)[C@@H](C)O)NC1C(=O)O. The zero-order valence-electron chi connectivity index (χ0n) is 10.4. The van der Waals surface area contributed by atoms with Crippen LogP contribution in [0.25, 0.3) is 0 Å². The molecule has 0 bridgehead atoms. The zero-order valence-corrected chi connectivity index (χ0v) is 12.1. The standard InChI is InChI=1S/C11H19NO4S2/c1-3-18-7-4-6(12-9(7)10(14)15)8(5(2)13)11(16)17/h5-9,12-13H,3-4H2,1-2H3,(H,14,15)(H,16,17)/t5-,6-,7+,8-,9?/m1/s1. The number of nitrogens with one attached hydrogen (secondary N) is 1. The summed E-state index contributed by atoms with van der Waals surface area (Å²) in [4.78, 5) is 22.6. The molecule has 0 spiro atoms. The topological polar surface area (TPSA) is 86.6 Å². The molecule has 0 aromatic rings. The van der Waals surface area contributed by atoms with Gasteiger partial charge in [-0.15, -0.1) is 12.6 Å². The van der Waals surface area contributed by atoms with Gasteiger partial charge in [-0.2, -0.15) is 11.8 Å². The van der Waals surface area contributed by atoms with Crippen molar-refractivity contribution in [2.75, 3.05) is 5.75 Å². The molecule has 1 heterocycles. The van der Waals surface area contributed by atoms with E-state index in [2.05, 4.69) is 17.9 Å². The van der Waals surface area contributed by atoms with E-state index >= 15 is 0 Å². The van der Waals surface area contributed by atoms with Gasteiger partial charge in [0.1, 0.15) is 6.04 Å². The molecular weight excluding hydrogens is 274 g/mol. The lowest BCUT2D eigenvalue weighted by atomic mass is 9.94. The summed E-state index contributed by atoms with van der Waals surface area (Å²) in [5.74, 6) is -0.770. The van der Waals surface area contributed by atoms with Crippen LogP contribution in [0.2, 0.25) is 0 Å². The first kappa shape index (κ1) is 15.8. The Morgan fingerprint density at radius 3 is 2.56 bits per heavy atom. The fourth-order valence-electron chi connectivity index (χ4n) is 2.37. The number of hydrogen-bond acceptors (Lipinski definition) is 5. The van der Waals surface area contributed by atoms with Crippen LogP contribution in [0, 0.1) is 5.92 Å². The maximum atomic E-state index is 11.4. The van der Waals surface area contributed by atoms with E-state index in [0.29, 0.717) is 6.42 Å². The van der Waals surface area contributed by atoms with Crippen LogP contribution in [0.5, 0.6) is 0 Å². The Balaban J connectivity index is 2.81. The highest BCUT2D eigenvalue weighted by molar-refractivity contribution is 8.00. The van der Waals surface area contributed by atoms with Gasteiger partial charge in [-0.05, 0) is 19.1 Å². The average molecular weight is 293 g/mol. The van der Waals surface area contributed by atoms with E-state index < -0.39 is 29.1 Å². The van der Waals surface area contributed by atoms with Gasteiger partial charge in [0.05, 0.1) is 12.0 Å². The molecule has 104 valence electrons. The van der Waals surface area contributed by atoms with Crippen LogP contribution in [0.3, 0.4) is 0 Å². The van der Waals surface area contributed by atoms with Gasteiger partial charge in [0.25, 0.3) is 0 Å². The first-order valence-electron chi connectivity index (χ1n) is 5.89. The number of thioether (sulfide) groups is 1. The quantitative estimate of drug-likeness (QED) is 0.530. The zero-order chi connectivity index (χ0) is 13.9. The van der Waals surface area contributed by atoms with E-state index in [4.69, 9.17) is 5.11 Å². The van der Waals surface area contributed by atoms with Crippen LogP contribution in [0.15, 0.2) is 0 Å². The molecule has 0 aliphatic carbocycles. The summed E-state index contributed by atoms with van der Waals surface area (Å²) in [6.07, 6.45) is -0.288. The van der Waals surface area contributed by atoms with Crippen LogP contribution in [0.1, 0.15) is 20.3 Å². The summed E-state index contributed by atoms with van der Waals surface area (Å²) in [5.41, 5.74) is 0. The van der Waals surface area contributed by atoms with Gasteiger partial charge in [-0.25, -0.2) is 0 Å². The molecule has 0 radical (unpaired) electrons. The summed E-state index contributed by atoms with van der Waals surface area (Å²) in [7, 11) is 0. The Hall–Kier alpha value is -0.240. The Morgan fingerprint density at radius 1 is 1.56 bits per heavy atom. The Morgan fingerprint density at radius 2 is 2.17 bits per heavy atom. The molecule has 18 heavy (non-hydrogen) atoms. The number of aliphatic hydroxyl groups excluding tert-OH is 1. The lowest BCUT2D eigenvalue weighted by molar-refractivity contribution is -0.139. The molecule has 1 aliphatic heterocycles. The van der Waals surface area contributed by atoms with Gasteiger partial charge < -0.3 is 10.2 Å². The highest BCUT2D eigenvalue weighted by atomic mass is 32.2. The van der Waals surface area contributed by atoms with E-state index in [-0.39, 0.29) is 11.3 Å². The Bertz CT molecular complexity index is 324. The number of aliphatic carboxylic acids is 1. The van der Waals surface area contributed by atoms with Crippen molar-refractivity contribution >= 4 is 35.5 Å². The summed E-state index contributed by atoms with van der Waals surface area (Å²) in [6.45, 7) is 3.49. The molecule has 7 heteroatoms. The molecule has 5 atom stereocenters. The van der Waals surface area contributed by atoms with Crippen molar-refractivity contribution in [3.63, 3.8) is 0 Å². The highest BCUT2D eigenvalue weighted by Gasteiger charge is 2.44. The van der Waals surface area contributed by atoms with Gasteiger partial charge in [0.2, 0.25) is 0 Å². The molecule has 1 unspecified atom stereocenters. The third kappa shape index (κ3) is 3.63. The third-order valence-electron chi connectivity index (χ3n) is 3.14. The average Bonchev–Trinajstić information content (AvgIpc) is 2.61. The lowest BCUT2D eigenvalue weighted by Gasteiger charge is -2.23. The molecule has 0 saturated carbocycles. The largest absolute Gasteiger partial charge is 0.480 e. The first-order chi connectivity index (χ1) is 8.38. The Kier molecular flexibility index (Phi) is 5.97. The number of hydrogen-bond donors (Lipinski definition) is 4. The van der Waals surface area contributed by atoms with Crippen molar-refractivity contribution in [1.29, 1.82) is 0 Å². The monoisotopic (exact) mass is 293 g/mol. The van der Waals surface area contributed by atoms with Crippen molar-refractivity contribution in [1.82, 2.24) is 5.32 Å². The number of carboxylic acid groups (broad SMARTS) is 1. The molecule has 1 fully saturated rings. The van der Waals surface area contributed by atoms with Crippen molar-refractivity contribution < 1.29 is 19.8 Å². The normalized spacial score (nSPS) is 31.0. The van der Waals surface area contributed by atoms with Gasteiger partial charge in [0, 0.05) is 11.3 Å². The van der Waals surface area contributed by atoms with Crippen molar-refractivity contribution in [3.8, 4) is 0 Å². The van der Waals surface area contributed by atoms with Crippen molar-refractivity contribution in [3.05, 3.63) is 0 Å². The number of rotatable bonds is 6. The summed E-state index contributed by atoms with van der Waals surface area (Å²) < 4.78 is 0. The van der Waals surface area contributed by atoms with Crippen LogP contribution in [0.4, 0.5) is 0 Å². The number of carboxylic acids is 1. The second kappa shape index (κ2) is 6.79. The molecule has 1 rings (SSSR count). The van der Waals surface area contributed by atoms with E-state index in [1.807, 2.05) is 6.92 Å². The summed E-state index contributed by atoms with van der Waals surface area (Å²) in [5, 5.41) is 21.2. The van der Waals surface area contributed by atoms with Crippen LogP contribution >= 0.6 is 24.4 Å². The van der Waals surface area contributed by atoms with Gasteiger partial charge in [-0.1, -0.05) is 6.92 Å². The smallest absolute Gasteiger partial charge is 0.321 e. The Labute approximate surface area is 116 Å². The number of thiol groups is 1. The highest BCUT2D eigenvalue weighted by Crippen LogP contribution is 2.31. The predicted octanol–water partition coefficient (Wildman–Crippen LogP) is 0.377. The van der Waals surface area contributed by atoms with Crippen LogP contribution in [-0.4, -0.2) is 50.5 Å². The molecule has 1 aliphatic rings. The molecule has 5 nitrogen and oxygen atoms in total. The van der Waals surface area contributed by atoms with E-state index in [1.165, 1.54) is 6.92 Å². The second-order valence-corrected chi connectivity index (χ2v) is 6.38. The minimum atomic E-state index is -0.917. The molecule has 0 aromatic carbocycles. The number of carbonyl (C=O) groups excluding carboxylic acids is 1. The fourth-order valence-corrected chi connectivity index (χ4v) is 3.92. The number of aliphatic hydroxyl groups is 1. The minimum absolute atomic E-state index is 0.0774. The summed E-state index contributed by atoms with van der Waals surface area (Å²) in [6, 6.07) is -1.01.